The monoisotopic (exact) mass is 766 g/mol. The highest BCUT2D eigenvalue weighted by atomic mass is 33.1. The molecule has 0 radical (unpaired) electrons. The van der Waals surface area contributed by atoms with Gasteiger partial charge in [0.15, 0.2) is 0 Å². The highest BCUT2D eigenvalue weighted by Crippen LogP contribution is 2.26. The Labute approximate surface area is 318 Å². The number of carbonyl (C=O) groups excluding carboxylic acids is 5. The first-order valence-electron chi connectivity index (χ1n) is 17.5. The second kappa shape index (κ2) is 24.2. The highest BCUT2D eigenvalue weighted by molar-refractivity contribution is 8.76. The Kier molecular flexibility index (Phi) is 19.0. The SMILES string of the molecule is O=C(CCSSCCNC(=O)CCC(=O)N1Cc2ccccc2C#Cc2ccccc21)NCCOCCOCCOCCOCCN1C(=O)C=CC1=O. The highest BCUT2D eigenvalue weighted by Gasteiger charge is 2.23. The average Bonchev–Trinajstić information content (AvgIpc) is 3.48. The van der Waals surface area contributed by atoms with Crippen molar-refractivity contribution in [3.8, 4) is 11.8 Å². The zero-order valence-electron chi connectivity index (χ0n) is 29.7. The minimum Gasteiger partial charge on any atom is -0.377 e. The Balaban J connectivity index is 0.912. The first-order valence-corrected chi connectivity index (χ1v) is 20.0. The maximum absolute atomic E-state index is 13.3. The lowest BCUT2D eigenvalue weighted by atomic mass is 10.0. The van der Waals surface area contributed by atoms with Crippen LogP contribution in [0.2, 0.25) is 0 Å². The Bertz CT molecular complexity index is 1610. The van der Waals surface area contributed by atoms with E-state index in [1.807, 2.05) is 48.5 Å². The summed E-state index contributed by atoms with van der Waals surface area (Å²) in [7, 11) is 3.15. The number of fused-ring (bicyclic) bond motifs is 2. The number of anilines is 1. The van der Waals surface area contributed by atoms with Gasteiger partial charge in [-0.2, -0.15) is 0 Å². The van der Waals surface area contributed by atoms with Gasteiger partial charge in [0.1, 0.15) is 0 Å². The van der Waals surface area contributed by atoms with Crippen molar-refractivity contribution in [3.63, 3.8) is 0 Å². The molecule has 0 saturated heterocycles. The Morgan fingerprint density at radius 1 is 0.642 bits per heavy atom. The molecule has 2 heterocycles. The van der Waals surface area contributed by atoms with E-state index in [-0.39, 0.29) is 55.5 Å². The minimum absolute atomic E-state index is 0.0507. The zero-order chi connectivity index (χ0) is 37.5. The van der Waals surface area contributed by atoms with E-state index >= 15 is 0 Å². The molecule has 284 valence electrons. The van der Waals surface area contributed by atoms with Crippen LogP contribution in [-0.4, -0.2) is 118 Å². The first kappa shape index (κ1) is 41.6. The van der Waals surface area contributed by atoms with Gasteiger partial charge < -0.3 is 34.5 Å². The normalized spacial score (nSPS) is 13.1. The molecule has 2 N–H and O–H groups in total. The zero-order valence-corrected chi connectivity index (χ0v) is 31.3. The minimum atomic E-state index is -0.321. The van der Waals surface area contributed by atoms with Crippen LogP contribution in [0.1, 0.15) is 36.0 Å². The van der Waals surface area contributed by atoms with E-state index in [1.54, 1.807) is 26.5 Å². The van der Waals surface area contributed by atoms with Gasteiger partial charge in [-0.3, -0.25) is 28.9 Å². The van der Waals surface area contributed by atoms with Crippen molar-refractivity contribution in [2.75, 3.05) is 88.9 Å². The van der Waals surface area contributed by atoms with Crippen molar-refractivity contribution in [2.45, 2.75) is 25.8 Å². The van der Waals surface area contributed by atoms with Gasteiger partial charge in [0.2, 0.25) is 17.7 Å². The molecule has 0 saturated carbocycles. The largest absolute Gasteiger partial charge is 0.377 e. The van der Waals surface area contributed by atoms with Gasteiger partial charge >= 0.3 is 0 Å². The number of hydrogen-bond donors (Lipinski definition) is 2. The third-order valence-corrected chi connectivity index (χ3v) is 10.2. The molecule has 13 nitrogen and oxygen atoms in total. The fourth-order valence-electron chi connectivity index (χ4n) is 5.06. The number of rotatable bonds is 25. The van der Waals surface area contributed by atoms with E-state index in [0.717, 1.165) is 27.3 Å². The van der Waals surface area contributed by atoms with Gasteiger partial charge in [0.25, 0.3) is 11.8 Å². The molecule has 0 aromatic heterocycles. The van der Waals surface area contributed by atoms with Crippen molar-refractivity contribution in [2.24, 2.45) is 0 Å². The number of para-hydroxylation sites is 1. The lowest BCUT2D eigenvalue weighted by Gasteiger charge is -2.26. The molecule has 0 bridgehead atoms. The summed E-state index contributed by atoms with van der Waals surface area (Å²) in [5, 5.41) is 5.71. The molecule has 5 amide bonds. The summed E-state index contributed by atoms with van der Waals surface area (Å²) in [6.07, 6.45) is 3.06. The second-order valence-corrected chi connectivity index (χ2v) is 14.3. The number of carbonyl (C=O) groups is 5. The predicted molar refractivity (Wildman–Crippen MR) is 204 cm³/mol. The standard InChI is InChI=1S/C38H46N4O9S2/c43-34(11-12-38(47)42-29-32-7-2-1-5-30(32)9-10-31-6-3-4-8-33(31)42)40-17-28-53-52-27-15-35(44)39-16-19-48-21-23-50-25-26-51-24-22-49-20-18-41-36(45)13-14-37(41)46/h1-8,13-14H,11-12,15-29H2,(H,39,44)(H,40,43). The van der Waals surface area contributed by atoms with Gasteiger partial charge in [-0.25, -0.2) is 0 Å². The molecular weight excluding hydrogens is 721 g/mol. The third-order valence-electron chi connectivity index (χ3n) is 7.79. The maximum atomic E-state index is 13.3. The Hall–Kier alpha value is -4.17. The summed E-state index contributed by atoms with van der Waals surface area (Å²) in [6.45, 7) is 4.50. The molecule has 0 atom stereocenters. The summed E-state index contributed by atoms with van der Waals surface area (Å²) in [6, 6.07) is 15.4. The van der Waals surface area contributed by atoms with Crippen LogP contribution in [0, 0.1) is 11.8 Å². The van der Waals surface area contributed by atoms with Crippen LogP contribution in [0.4, 0.5) is 5.69 Å². The molecule has 2 aromatic rings. The van der Waals surface area contributed by atoms with Crippen LogP contribution in [0.5, 0.6) is 0 Å². The van der Waals surface area contributed by atoms with Crippen LogP contribution in [0.25, 0.3) is 0 Å². The Morgan fingerprint density at radius 3 is 1.94 bits per heavy atom. The smallest absolute Gasteiger partial charge is 0.253 e. The molecule has 2 aliphatic rings. The molecule has 0 unspecified atom stereocenters. The lowest BCUT2D eigenvalue weighted by molar-refractivity contribution is -0.137. The number of amides is 5. The molecule has 0 fully saturated rings. The second-order valence-electron chi connectivity index (χ2n) is 11.6. The van der Waals surface area contributed by atoms with E-state index < -0.39 is 0 Å². The van der Waals surface area contributed by atoms with E-state index in [9.17, 15) is 24.0 Å². The van der Waals surface area contributed by atoms with E-state index in [4.69, 9.17) is 18.9 Å². The predicted octanol–water partition coefficient (Wildman–Crippen LogP) is 2.71. The van der Waals surface area contributed by atoms with Crippen LogP contribution < -0.4 is 15.5 Å². The fourth-order valence-corrected chi connectivity index (χ4v) is 6.95. The summed E-state index contributed by atoms with van der Waals surface area (Å²) in [5.74, 6) is 6.73. The molecule has 2 aliphatic heterocycles. The lowest BCUT2D eigenvalue weighted by Crippen LogP contribution is -2.33. The molecule has 4 rings (SSSR count). The number of ether oxygens (including phenoxy) is 4. The van der Waals surface area contributed by atoms with E-state index in [2.05, 4.69) is 22.5 Å². The van der Waals surface area contributed by atoms with Gasteiger partial charge in [0, 0.05) is 67.1 Å². The number of nitrogens with one attached hydrogen (secondary N) is 2. The van der Waals surface area contributed by atoms with Crippen LogP contribution in [-0.2, 0) is 49.5 Å². The Morgan fingerprint density at radius 2 is 1.21 bits per heavy atom. The van der Waals surface area contributed by atoms with Crippen molar-refractivity contribution < 1.29 is 42.9 Å². The van der Waals surface area contributed by atoms with Gasteiger partial charge in [-0.15, -0.1) is 0 Å². The fraction of sp³-hybridized carbons (Fsp3) is 0.447. The molecule has 15 heteroatoms. The topological polar surface area (TPSA) is 153 Å². The number of hydrogen-bond acceptors (Lipinski definition) is 11. The quantitative estimate of drug-likeness (QED) is 0.0665. The van der Waals surface area contributed by atoms with E-state index in [1.165, 1.54) is 12.2 Å². The van der Waals surface area contributed by atoms with Crippen molar-refractivity contribution >= 4 is 56.8 Å². The molecule has 2 aromatic carbocycles. The average molecular weight is 767 g/mol. The number of imide groups is 1. The first-order chi connectivity index (χ1) is 25.9. The van der Waals surface area contributed by atoms with Crippen molar-refractivity contribution in [1.29, 1.82) is 0 Å². The molecule has 0 spiro atoms. The van der Waals surface area contributed by atoms with Crippen LogP contribution in [0.3, 0.4) is 0 Å². The van der Waals surface area contributed by atoms with Crippen LogP contribution in [0.15, 0.2) is 60.7 Å². The van der Waals surface area contributed by atoms with Gasteiger partial charge in [-0.1, -0.05) is 63.8 Å². The van der Waals surface area contributed by atoms with Gasteiger partial charge in [0.05, 0.1) is 71.6 Å². The van der Waals surface area contributed by atoms with Gasteiger partial charge in [-0.05, 0) is 23.8 Å². The molecule has 0 aliphatic carbocycles. The van der Waals surface area contributed by atoms with Crippen molar-refractivity contribution in [1.82, 2.24) is 15.5 Å². The maximum Gasteiger partial charge on any atom is 0.253 e. The molecule has 53 heavy (non-hydrogen) atoms. The van der Waals surface area contributed by atoms with E-state index in [0.29, 0.717) is 83.8 Å². The molecular formula is C38H46N4O9S2. The summed E-state index contributed by atoms with van der Waals surface area (Å²) < 4.78 is 21.7. The van der Waals surface area contributed by atoms with Crippen molar-refractivity contribution in [3.05, 3.63) is 77.4 Å². The number of benzene rings is 2. The van der Waals surface area contributed by atoms with Crippen LogP contribution >= 0.6 is 21.6 Å². The third kappa shape index (κ3) is 15.4. The summed E-state index contributed by atoms with van der Waals surface area (Å²) >= 11 is 0. The summed E-state index contributed by atoms with van der Waals surface area (Å²) in [4.78, 5) is 63.6. The number of nitrogens with zero attached hydrogens (tertiary/aromatic N) is 2. The summed E-state index contributed by atoms with van der Waals surface area (Å²) in [5.41, 5.74) is 3.39.